The van der Waals surface area contributed by atoms with Gasteiger partial charge < -0.3 is 15.2 Å². The van der Waals surface area contributed by atoms with E-state index in [0.29, 0.717) is 13.1 Å². The zero-order valence-electron chi connectivity index (χ0n) is 17.0. The number of nitrogens with one attached hydrogen (secondary N) is 2. The lowest BCUT2D eigenvalue weighted by Gasteiger charge is -2.18. The molecule has 0 spiro atoms. The second kappa shape index (κ2) is 8.97. The number of nitrogens with zero attached hydrogens (tertiary/aromatic N) is 5. The predicted molar refractivity (Wildman–Crippen MR) is 113 cm³/mol. The molecule has 28 heavy (non-hydrogen) atoms. The number of hydrogen-bond donors (Lipinski definition) is 2. The molecule has 2 aromatic heterocycles. The monoisotopic (exact) mass is 397 g/mol. The number of aromatic nitrogens is 4. The summed E-state index contributed by atoms with van der Waals surface area (Å²) in [5.41, 5.74) is 2.27. The van der Waals surface area contributed by atoms with Gasteiger partial charge in [0, 0.05) is 11.9 Å². The lowest BCUT2D eigenvalue weighted by molar-refractivity contribution is 0.677. The van der Waals surface area contributed by atoms with Gasteiger partial charge >= 0.3 is 0 Å². The van der Waals surface area contributed by atoms with Crippen molar-refractivity contribution >= 4 is 17.3 Å². The topological polar surface area (TPSA) is 80.0 Å². The Bertz CT molecular complexity index is 943. The minimum Gasteiger partial charge on any atom is -0.351 e. The highest BCUT2D eigenvalue weighted by molar-refractivity contribution is 7.11. The number of hydrogen-bond acceptors (Lipinski definition) is 5. The van der Waals surface area contributed by atoms with E-state index in [1.165, 1.54) is 10.4 Å². The van der Waals surface area contributed by atoms with Crippen LogP contribution in [0.4, 0.5) is 0 Å². The van der Waals surface area contributed by atoms with Crippen molar-refractivity contribution < 1.29 is 0 Å². The van der Waals surface area contributed by atoms with Crippen LogP contribution in [0.15, 0.2) is 35.3 Å². The van der Waals surface area contributed by atoms with Gasteiger partial charge in [-0.1, -0.05) is 30.3 Å². The molecule has 8 heteroatoms. The van der Waals surface area contributed by atoms with Crippen LogP contribution < -0.4 is 10.6 Å². The maximum atomic E-state index is 4.74. The zero-order valence-corrected chi connectivity index (χ0v) is 17.8. The van der Waals surface area contributed by atoms with Crippen LogP contribution in [0.3, 0.4) is 0 Å². The van der Waals surface area contributed by atoms with Gasteiger partial charge in [0.1, 0.15) is 12.4 Å². The average Bonchev–Trinajstić information content (AvgIpc) is 3.18. The van der Waals surface area contributed by atoms with E-state index in [-0.39, 0.29) is 6.04 Å². The van der Waals surface area contributed by atoms with Crippen LogP contribution in [0.1, 0.15) is 45.8 Å². The van der Waals surface area contributed by atoms with E-state index in [1.54, 1.807) is 11.3 Å². The van der Waals surface area contributed by atoms with E-state index in [1.807, 2.05) is 50.6 Å². The number of rotatable bonds is 6. The molecule has 1 aromatic carbocycles. The standard InChI is InChI=1S/C20H27N7S/c1-13(17-9-7-6-8-10-17)24-20(21-11-18-14(2)23-16(4)28-18)22-12-19-26-25-15(3)27(19)5/h6-10,13H,11-12H2,1-5H3,(H2,21,22,24). The molecule has 3 aromatic rings. The van der Waals surface area contributed by atoms with Crippen LogP contribution in [0.2, 0.25) is 0 Å². The summed E-state index contributed by atoms with van der Waals surface area (Å²) in [7, 11) is 1.96. The Morgan fingerprint density at radius 2 is 1.93 bits per heavy atom. The summed E-state index contributed by atoms with van der Waals surface area (Å²) in [5, 5.41) is 16.3. The van der Waals surface area contributed by atoms with E-state index in [4.69, 9.17) is 4.99 Å². The van der Waals surface area contributed by atoms with Crippen molar-refractivity contribution in [2.24, 2.45) is 12.0 Å². The van der Waals surface area contributed by atoms with Gasteiger partial charge in [0.05, 0.1) is 23.3 Å². The van der Waals surface area contributed by atoms with Crippen molar-refractivity contribution in [2.45, 2.75) is 46.8 Å². The van der Waals surface area contributed by atoms with E-state index in [0.717, 1.165) is 28.3 Å². The van der Waals surface area contributed by atoms with Gasteiger partial charge in [0.2, 0.25) is 0 Å². The summed E-state index contributed by atoms with van der Waals surface area (Å²) in [6.07, 6.45) is 0. The minimum absolute atomic E-state index is 0.123. The summed E-state index contributed by atoms with van der Waals surface area (Å²) < 4.78 is 1.96. The first kappa shape index (κ1) is 20.0. The van der Waals surface area contributed by atoms with Crippen molar-refractivity contribution in [1.82, 2.24) is 30.4 Å². The second-order valence-corrected chi connectivity index (χ2v) is 8.05. The molecule has 0 aliphatic rings. The third-order valence-electron chi connectivity index (χ3n) is 4.63. The molecule has 2 N–H and O–H groups in total. The van der Waals surface area contributed by atoms with Crippen molar-refractivity contribution in [3.8, 4) is 0 Å². The molecule has 0 aliphatic heterocycles. The van der Waals surface area contributed by atoms with Crippen LogP contribution >= 0.6 is 11.3 Å². The van der Waals surface area contributed by atoms with E-state index in [9.17, 15) is 0 Å². The normalized spacial score (nSPS) is 12.8. The molecule has 0 bridgehead atoms. The Balaban J connectivity index is 1.75. The summed E-state index contributed by atoms with van der Waals surface area (Å²) in [4.78, 5) is 10.5. The van der Waals surface area contributed by atoms with Gasteiger partial charge in [0.25, 0.3) is 0 Å². The summed E-state index contributed by atoms with van der Waals surface area (Å²) in [5.74, 6) is 2.44. The van der Waals surface area contributed by atoms with Crippen molar-refractivity contribution in [2.75, 3.05) is 0 Å². The fraction of sp³-hybridized carbons (Fsp3) is 0.400. The molecule has 7 nitrogen and oxygen atoms in total. The number of aliphatic imine (C=N–C) groups is 1. The maximum absolute atomic E-state index is 4.74. The summed E-state index contributed by atoms with van der Waals surface area (Å²) >= 11 is 1.71. The van der Waals surface area contributed by atoms with Crippen molar-refractivity contribution in [1.29, 1.82) is 0 Å². The second-order valence-electron chi connectivity index (χ2n) is 6.76. The Morgan fingerprint density at radius 3 is 2.54 bits per heavy atom. The van der Waals surface area contributed by atoms with Gasteiger partial charge in [-0.3, -0.25) is 0 Å². The van der Waals surface area contributed by atoms with Crippen molar-refractivity contribution in [3.63, 3.8) is 0 Å². The molecule has 1 atom stereocenters. The van der Waals surface area contributed by atoms with Crippen molar-refractivity contribution in [3.05, 3.63) is 63.1 Å². The molecule has 0 fully saturated rings. The number of aryl methyl sites for hydroxylation is 3. The third kappa shape index (κ3) is 4.95. The van der Waals surface area contributed by atoms with Gasteiger partial charge in [-0.2, -0.15) is 0 Å². The molecule has 0 saturated heterocycles. The Labute approximate surface area is 170 Å². The first-order chi connectivity index (χ1) is 13.4. The predicted octanol–water partition coefficient (Wildman–Crippen LogP) is 3.19. The smallest absolute Gasteiger partial charge is 0.192 e. The molecule has 0 radical (unpaired) electrons. The highest BCUT2D eigenvalue weighted by Crippen LogP contribution is 2.17. The SMILES string of the molecule is Cc1nc(C)c(CNC(=NCc2nnc(C)n2C)NC(C)c2ccccc2)s1. The summed E-state index contributed by atoms with van der Waals surface area (Å²) in [6, 6.07) is 10.5. The third-order valence-corrected chi connectivity index (χ3v) is 5.70. The fourth-order valence-corrected chi connectivity index (χ4v) is 3.70. The maximum Gasteiger partial charge on any atom is 0.192 e. The molecule has 148 valence electrons. The lowest BCUT2D eigenvalue weighted by atomic mass is 10.1. The molecular weight excluding hydrogens is 370 g/mol. The van der Waals surface area contributed by atoms with Gasteiger partial charge in [0.15, 0.2) is 11.8 Å². The zero-order chi connectivity index (χ0) is 20.1. The Morgan fingerprint density at radius 1 is 1.18 bits per heavy atom. The molecule has 3 rings (SSSR count). The Kier molecular flexibility index (Phi) is 6.41. The first-order valence-corrected chi connectivity index (χ1v) is 10.1. The van der Waals surface area contributed by atoms with E-state index < -0.39 is 0 Å². The lowest BCUT2D eigenvalue weighted by Crippen LogP contribution is -2.38. The van der Waals surface area contributed by atoms with Gasteiger partial charge in [-0.05, 0) is 33.3 Å². The van der Waals surface area contributed by atoms with Crippen LogP contribution in [0, 0.1) is 20.8 Å². The largest absolute Gasteiger partial charge is 0.351 e. The molecule has 2 heterocycles. The molecule has 0 amide bonds. The number of thiazole rings is 1. The van der Waals surface area contributed by atoms with E-state index in [2.05, 4.69) is 44.9 Å². The van der Waals surface area contributed by atoms with Gasteiger partial charge in [-0.25, -0.2) is 9.98 Å². The average molecular weight is 398 g/mol. The number of guanidine groups is 1. The molecule has 0 aliphatic carbocycles. The summed E-state index contributed by atoms with van der Waals surface area (Å²) in [6.45, 7) is 9.27. The highest BCUT2D eigenvalue weighted by atomic mass is 32.1. The number of benzene rings is 1. The fourth-order valence-electron chi connectivity index (χ4n) is 2.82. The van der Waals surface area contributed by atoms with Crippen LogP contribution in [0.5, 0.6) is 0 Å². The molecule has 1 unspecified atom stereocenters. The molecular formula is C20H27N7S. The van der Waals surface area contributed by atoms with Crippen LogP contribution in [-0.4, -0.2) is 25.7 Å². The Hall–Kier alpha value is -2.74. The van der Waals surface area contributed by atoms with Gasteiger partial charge in [-0.15, -0.1) is 21.5 Å². The quantitative estimate of drug-likeness (QED) is 0.493. The molecule has 0 saturated carbocycles. The highest BCUT2D eigenvalue weighted by Gasteiger charge is 2.11. The van der Waals surface area contributed by atoms with E-state index >= 15 is 0 Å². The van der Waals surface area contributed by atoms with Crippen LogP contribution in [-0.2, 0) is 20.1 Å². The van der Waals surface area contributed by atoms with Crippen LogP contribution in [0.25, 0.3) is 0 Å². The first-order valence-electron chi connectivity index (χ1n) is 9.31. The minimum atomic E-state index is 0.123.